The topological polar surface area (TPSA) is 46.9 Å². The molecule has 0 aliphatic heterocycles. The second kappa shape index (κ2) is 4.96. The van der Waals surface area contributed by atoms with Crippen molar-refractivity contribution >= 4 is 6.03 Å². The van der Waals surface area contributed by atoms with Gasteiger partial charge in [0, 0.05) is 18.9 Å². The number of imidazole rings is 1. The van der Waals surface area contributed by atoms with Crippen molar-refractivity contribution in [3.05, 3.63) is 18.7 Å². The number of hydrogen-bond acceptors (Lipinski definition) is 2. The molecule has 2 rings (SSSR count). The van der Waals surface area contributed by atoms with E-state index in [1.54, 1.807) is 12.4 Å². The second-order valence-corrected chi connectivity index (χ2v) is 4.14. The quantitative estimate of drug-likeness (QED) is 0.824. The summed E-state index contributed by atoms with van der Waals surface area (Å²) in [5.41, 5.74) is 0. The summed E-state index contributed by atoms with van der Waals surface area (Å²) in [5, 5.41) is 2.90. The molecule has 1 aliphatic carbocycles. The largest absolute Gasteiger partial charge is 0.337 e. The fourth-order valence-electron chi connectivity index (χ4n) is 2.15. The van der Waals surface area contributed by atoms with Gasteiger partial charge in [-0.05, 0) is 12.3 Å². The van der Waals surface area contributed by atoms with Crippen LogP contribution in [0.15, 0.2) is 18.7 Å². The van der Waals surface area contributed by atoms with E-state index in [-0.39, 0.29) is 6.03 Å². The van der Waals surface area contributed by atoms with E-state index in [0.29, 0.717) is 0 Å². The zero-order chi connectivity index (χ0) is 10.5. The van der Waals surface area contributed by atoms with E-state index in [9.17, 15) is 4.79 Å². The van der Waals surface area contributed by atoms with Gasteiger partial charge in [0.1, 0.15) is 6.33 Å². The van der Waals surface area contributed by atoms with Gasteiger partial charge in [0.25, 0.3) is 0 Å². The minimum Gasteiger partial charge on any atom is -0.337 e. The maximum Gasteiger partial charge on any atom is 0.326 e. The van der Waals surface area contributed by atoms with Crippen molar-refractivity contribution in [3.63, 3.8) is 0 Å². The second-order valence-electron chi connectivity index (χ2n) is 4.14. The molecule has 1 aliphatic rings. The van der Waals surface area contributed by atoms with Crippen LogP contribution in [-0.2, 0) is 0 Å². The molecule has 0 bridgehead atoms. The van der Waals surface area contributed by atoms with Crippen LogP contribution >= 0.6 is 0 Å². The van der Waals surface area contributed by atoms with Gasteiger partial charge < -0.3 is 5.32 Å². The van der Waals surface area contributed by atoms with Gasteiger partial charge in [-0.1, -0.05) is 25.7 Å². The molecule has 0 radical (unpaired) electrons. The molecule has 1 aromatic heterocycles. The highest BCUT2D eigenvalue weighted by molar-refractivity contribution is 5.76. The van der Waals surface area contributed by atoms with E-state index >= 15 is 0 Å². The van der Waals surface area contributed by atoms with Gasteiger partial charge in [-0.3, -0.25) is 4.57 Å². The molecule has 0 spiro atoms. The van der Waals surface area contributed by atoms with Gasteiger partial charge in [-0.2, -0.15) is 0 Å². The van der Waals surface area contributed by atoms with Crippen molar-refractivity contribution in [2.75, 3.05) is 6.54 Å². The lowest BCUT2D eigenvalue weighted by Crippen LogP contribution is -2.29. The zero-order valence-electron chi connectivity index (χ0n) is 8.85. The summed E-state index contributed by atoms with van der Waals surface area (Å²) < 4.78 is 1.47. The van der Waals surface area contributed by atoms with Crippen LogP contribution in [0, 0.1) is 5.92 Å². The van der Waals surface area contributed by atoms with Gasteiger partial charge in [-0.25, -0.2) is 9.78 Å². The summed E-state index contributed by atoms with van der Waals surface area (Å²) in [4.78, 5) is 15.3. The molecule has 0 atom stereocenters. The molecule has 82 valence electrons. The summed E-state index contributed by atoms with van der Waals surface area (Å²) in [7, 11) is 0. The van der Waals surface area contributed by atoms with Crippen molar-refractivity contribution in [3.8, 4) is 0 Å². The van der Waals surface area contributed by atoms with Gasteiger partial charge in [-0.15, -0.1) is 0 Å². The summed E-state index contributed by atoms with van der Waals surface area (Å²) in [5.74, 6) is 0.827. The Morgan fingerprint density at radius 1 is 1.47 bits per heavy atom. The number of carbonyl (C=O) groups is 1. The Morgan fingerprint density at radius 2 is 2.27 bits per heavy atom. The highest BCUT2D eigenvalue weighted by Crippen LogP contribution is 2.26. The summed E-state index contributed by atoms with van der Waals surface area (Å²) >= 11 is 0. The van der Waals surface area contributed by atoms with Crippen LogP contribution in [0.4, 0.5) is 4.79 Å². The van der Waals surface area contributed by atoms with Gasteiger partial charge in [0.05, 0.1) is 0 Å². The molecule has 0 saturated heterocycles. The third-order valence-corrected chi connectivity index (χ3v) is 3.04. The first kappa shape index (κ1) is 10.2. The fraction of sp³-hybridized carbons (Fsp3) is 0.636. The molecule has 1 N–H and O–H groups in total. The van der Waals surface area contributed by atoms with Crippen LogP contribution < -0.4 is 5.32 Å². The molecular formula is C11H17N3O. The Hall–Kier alpha value is -1.32. The summed E-state index contributed by atoms with van der Waals surface area (Å²) in [6.07, 6.45) is 11.3. The number of nitrogens with one attached hydrogen (secondary N) is 1. The predicted octanol–water partition coefficient (Wildman–Crippen LogP) is 2.02. The lowest BCUT2D eigenvalue weighted by Gasteiger charge is -2.09. The first-order chi connectivity index (χ1) is 7.36. The Bertz CT molecular complexity index is 302. The monoisotopic (exact) mass is 207 g/mol. The van der Waals surface area contributed by atoms with Crippen LogP contribution in [0.1, 0.15) is 32.1 Å². The highest BCUT2D eigenvalue weighted by atomic mass is 16.2. The van der Waals surface area contributed by atoms with E-state index in [2.05, 4.69) is 10.3 Å². The number of carbonyl (C=O) groups excluding carboxylic acids is 1. The number of aromatic nitrogens is 2. The number of hydrogen-bond donors (Lipinski definition) is 1. The third-order valence-electron chi connectivity index (χ3n) is 3.04. The van der Waals surface area contributed by atoms with Crippen LogP contribution in [0.25, 0.3) is 0 Å². The van der Waals surface area contributed by atoms with Crippen molar-refractivity contribution in [1.82, 2.24) is 14.9 Å². The van der Waals surface area contributed by atoms with E-state index in [1.807, 2.05) is 0 Å². The molecule has 0 unspecified atom stereocenters. The molecule has 1 aromatic rings. The lowest BCUT2D eigenvalue weighted by molar-refractivity contribution is 0.241. The first-order valence-electron chi connectivity index (χ1n) is 5.62. The van der Waals surface area contributed by atoms with Crippen molar-refractivity contribution < 1.29 is 4.79 Å². The number of amides is 1. The van der Waals surface area contributed by atoms with Gasteiger partial charge in [0.2, 0.25) is 0 Å². The summed E-state index contributed by atoms with van der Waals surface area (Å²) in [6.45, 7) is 0.779. The molecule has 0 aromatic carbocycles. The van der Waals surface area contributed by atoms with E-state index in [1.165, 1.54) is 36.6 Å². The smallest absolute Gasteiger partial charge is 0.326 e. The minimum atomic E-state index is -0.0782. The summed E-state index contributed by atoms with van der Waals surface area (Å²) in [6, 6.07) is -0.0782. The molecular weight excluding hydrogens is 190 g/mol. The Balaban J connectivity index is 1.67. The molecule has 1 saturated carbocycles. The van der Waals surface area contributed by atoms with Crippen molar-refractivity contribution in [2.45, 2.75) is 32.1 Å². The third kappa shape index (κ3) is 2.81. The molecule has 1 heterocycles. The lowest BCUT2D eigenvalue weighted by atomic mass is 10.0. The van der Waals surface area contributed by atoms with Crippen LogP contribution in [0.2, 0.25) is 0 Å². The van der Waals surface area contributed by atoms with E-state index in [4.69, 9.17) is 0 Å². The number of rotatable bonds is 3. The first-order valence-corrected chi connectivity index (χ1v) is 5.62. The molecule has 1 amide bonds. The van der Waals surface area contributed by atoms with Crippen LogP contribution in [0.3, 0.4) is 0 Å². The predicted molar refractivity (Wildman–Crippen MR) is 57.6 cm³/mol. The van der Waals surface area contributed by atoms with Crippen LogP contribution in [0.5, 0.6) is 0 Å². The highest BCUT2D eigenvalue weighted by Gasteiger charge is 2.14. The maximum atomic E-state index is 11.5. The standard InChI is InChI=1S/C11H17N3O/c15-11(14-8-7-12-9-14)13-6-5-10-3-1-2-4-10/h7-10H,1-6H2,(H,13,15). The fourth-order valence-corrected chi connectivity index (χ4v) is 2.15. The van der Waals surface area contributed by atoms with Crippen LogP contribution in [-0.4, -0.2) is 22.1 Å². The van der Waals surface area contributed by atoms with Crippen molar-refractivity contribution in [2.24, 2.45) is 5.92 Å². The Labute approximate surface area is 89.7 Å². The average molecular weight is 207 g/mol. The molecule has 4 nitrogen and oxygen atoms in total. The molecule has 1 fully saturated rings. The molecule has 15 heavy (non-hydrogen) atoms. The molecule has 4 heteroatoms. The SMILES string of the molecule is O=C(NCCC1CCCC1)n1ccnc1. The Morgan fingerprint density at radius 3 is 2.93 bits per heavy atom. The normalized spacial score (nSPS) is 16.8. The van der Waals surface area contributed by atoms with Crippen molar-refractivity contribution in [1.29, 1.82) is 0 Å². The van der Waals surface area contributed by atoms with E-state index < -0.39 is 0 Å². The van der Waals surface area contributed by atoms with E-state index in [0.717, 1.165) is 18.9 Å². The zero-order valence-corrected chi connectivity index (χ0v) is 8.85. The average Bonchev–Trinajstić information content (AvgIpc) is 2.90. The minimum absolute atomic E-state index is 0.0782. The Kier molecular flexibility index (Phi) is 3.37. The van der Waals surface area contributed by atoms with Gasteiger partial charge >= 0.3 is 6.03 Å². The number of nitrogens with zero attached hydrogens (tertiary/aromatic N) is 2. The van der Waals surface area contributed by atoms with Gasteiger partial charge in [0.15, 0.2) is 0 Å². The maximum absolute atomic E-state index is 11.5.